The molecule has 0 fully saturated rings. The third-order valence-electron chi connectivity index (χ3n) is 3.18. The van der Waals surface area contributed by atoms with Gasteiger partial charge in [-0.15, -0.1) is 0 Å². The largest absolute Gasteiger partial charge is 0.466 e. The van der Waals surface area contributed by atoms with Crippen molar-refractivity contribution in [2.45, 2.75) is 20.8 Å². The monoisotopic (exact) mass is 306 g/mol. The number of hydrogen-bond acceptors (Lipinski definition) is 3. The van der Waals surface area contributed by atoms with Gasteiger partial charge in [-0.3, -0.25) is 20.4 Å². The van der Waals surface area contributed by atoms with E-state index in [9.17, 15) is 9.59 Å². The minimum Gasteiger partial charge on any atom is -0.466 e. The van der Waals surface area contributed by atoms with Crippen molar-refractivity contribution in [2.75, 3.05) is 0 Å². The van der Waals surface area contributed by atoms with E-state index < -0.39 is 11.8 Å². The van der Waals surface area contributed by atoms with Gasteiger partial charge in [0, 0.05) is 16.1 Å². The minimum atomic E-state index is -0.421. The molecular formula is C15H15ClN2O3. The first-order valence-electron chi connectivity index (χ1n) is 6.33. The second-order valence-electron chi connectivity index (χ2n) is 4.63. The van der Waals surface area contributed by atoms with E-state index in [0.717, 1.165) is 5.56 Å². The molecule has 2 N–H and O–H groups in total. The van der Waals surface area contributed by atoms with Gasteiger partial charge in [-0.25, -0.2) is 0 Å². The van der Waals surface area contributed by atoms with E-state index in [-0.39, 0.29) is 0 Å². The average molecular weight is 307 g/mol. The summed E-state index contributed by atoms with van der Waals surface area (Å²) in [5, 5.41) is 0.538. The smallest absolute Gasteiger partial charge is 0.273 e. The number of carbonyl (C=O) groups excluding carboxylic acids is 2. The van der Waals surface area contributed by atoms with Crippen LogP contribution in [0.25, 0.3) is 0 Å². The van der Waals surface area contributed by atoms with Gasteiger partial charge >= 0.3 is 0 Å². The first-order valence-corrected chi connectivity index (χ1v) is 6.70. The van der Waals surface area contributed by atoms with Crippen LogP contribution in [0.15, 0.2) is 28.7 Å². The normalized spacial score (nSPS) is 10.3. The van der Waals surface area contributed by atoms with Gasteiger partial charge in [0.15, 0.2) is 0 Å². The molecule has 0 spiro atoms. The molecule has 0 saturated heterocycles. The molecule has 6 heteroatoms. The highest BCUT2D eigenvalue weighted by atomic mass is 35.5. The van der Waals surface area contributed by atoms with Gasteiger partial charge in [0.2, 0.25) is 0 Å². The van der Waals surface area contributed by atoms with Crippen LogP contribution in [-0.4, -0.2) is 11.8 Å². The highest BCUT2D eigenvalue weighted by Gasteiger charge is 2.19. The standard InChI is InChI=1S/C15H15ClN2O3/c1-8-9(2)21-10(3)13(8)15(20)18-17-14(19)11-4-6-12(16)7-5-11/h4-7H,1-3H3,(H,17,19)(H,18,20). The van der Waals surface area contributed by atoms with Crippen LogP contribution >= 0.6 is 11.6 Å². The third-order valence-corrected chi connectivity index (χ3v) is 3.44. The van der Waals surface area contributed by atoms with Crippen LogP contribution in [0, 0.1) is 20.8 Å². The fourth-order valence-electron chi connectivity index (χ4n) is 1.98. The predicted molar refractivity (Wildman–Crippen MR) is 79.3 cm³/mol. The van der Waals surface area contributed by atoms with Crippen LogP contribution in [0.5, 0.6) is 0 Å². The average Bonchev–Trinajstić information content (AvgIpc) is 2.70. The zero-order valence-corrected chi connectivity index (χ0v) is 12.7. The Labute approximate surface area is 127 Å². The second kappa shape index (κ2) is 6.01. The van der Waals surface area contributed by atoms with Gasteiger partial charge in [0.1, 0.15) is 11.5 Å². The Hall–Kier alpha value is -2.27. The molecule has 0 aliphatic heterocycles. The fraction of sp³-hybridized carbons (Fsp3) is 0.200. The Morgan fingerprint density at radius 1 is 0.952 bits per heavy atom. The third kappa shape index (κ3) is 3.25. The summed E-state index contributed by atoms with van der Waals surface area (Å²) in [6.07, 6.45) is 0. The Morgan fingerprint density at radius 2 is 1.52 bits per heavy atom. The molecule has 1 aromatic carbocycles. The molecule has 2 rings (SSSR count). The molecule has 0 atom stereocenters. The van der Waals surface area contributed by atoms with Crippen LogP contribution < -0.4 is 10.9 Å². The van der Waals surface area contributed by atoms with Crippen molar-refractivity contribution in [3.05, 3.63) is 57.5 Å². The SMILES string of the molecule is Cc1oc(C)c(C(=O)NNC(=O)c2ccc(Cl)cc2)c1C. The second-order valence-corrected chi connectivity index (χ2v) is 5.07. The first-order chi connectivity index (χ1) is 9.90. The number of carbonyl (C=O) groups is 2. The van der Waals surface area contributed by atoms with E-state index in [1.54, 1.807) is 45.0 Å². The van der Waals surface area contributed by atoms with Gasteiger partial charge < -0.3 is 4.42 Å². The lowest BCUT2D eigenvalue weighted by Gasteiger charge is -2.07. The van der Waals surface area contributed by atoms with Gasteiger partial charge in [-0.2, -0.15) is 0 Å². The Balaban J connectivity index is 2.04. The lowest BCUT2D eigenvalue weighted by Crippen LogP contribution is -2.41. The molecule has 0 saturated carbocycles. The van der Waals surface area contributed by atoms with E-state index >= 15 is 0 Å². The number of aryl methyl sites for hydroxylation is 2. The van der Waals surface area contributed by atoms with Crippen molar-refractivity contribution in [3.8, 4) is 0 Å². The number of nitrogens with one attached hydrogen (secondary N) is 2. The van der Waals surface area contributed by atoms with Crippen LogP contribution in [0.2, 0.25) is 5.02 Å². The first kappa shape index (κ1) is 15.1. The molecule has 1 heterocycles. The summed E-state index contributed by atoms with van der Waals surface area (Å²) in [4.78, 5) is 24.0. The molecule has 0 unspecified atom stereocenters. The number of furan rings is 1. The summed E-state index contributed by atoms with van der Waals surface area (Å²) in [5.74, 6) is 0.365. The number of rotatable bonds is 2. The van der Waals surface area contributed by atoms with Crippen LogP contribution in [0.3, 0.4) is 0 Å². The number of benzene rings is 1. The quantitative estimate of drug-likeness (QED) is 0.838. The summed E-state index contributed by atoms with van der Waals surface area (Å²) < 4.78 is 5.38. The molecular weight excluding hydrogens is 292 g/mol. The van der Waals surface area contributed by atoms with Crippen molar-refractivity contribution < 1.29 is 14.0 Å². The molecule has 110 valence electrons. The van der Waals surface area contributed by atoms with Crippen molar-refractivity contribution in [3.63, 3.8) is 0 Å². The summed E-state index contributed by atoms with van der Waals surface area (Å²) >= 11 is 5.75. The maximum Gasteiger partial charge on any atom is 0.273 e. The topological polar surface area (TPSA) is 71.3 Å². The highest BCUT2D eigenvalue weighted by Crippen LogP contribution is 2.20. The van der Waals surface area contributed by atoms with Crippen LogP contribution in [0.4, 0.5) is 0 Å². The molecule has 21 heavy (non-hydrogen) atoms. The molecule has 2 amide bonds. The number of hydrazine groups is 1. The molecule has 0 aliphatic rings. The summed E-state index contributed by atoms with van der Waals surface area (Å²) in [6, 6.07) is 6.35. The maximum absolute atomic E-state index is 12.1. The number of halogens is 1. The van der Waals surface area contributed by atoms with E-state index in [1.165, 1.54) is 0 Å². The van der Waals surface area contributed by atoms with Gasteiger partial charge in [0.05, 0.1) is 5.56 Å². The molecule has 0 radical (unpaired) electrons. The van der Waals surface area contributed by atoms with E-state index in [2.05, 4.69) is 10.9 Å². The molecule has 0 bridgehead atoms. The van der Waals surface area contributed by atoms with Crippen molar-refractivity contribution in [1.29, 1.82) is 0 Å². The number of amides is 2. The summed E-state index contributed by atoms with van der Waals surface area (Å²) in [7, 11) is 0. The molecule has 5 nitrogen and oxygen atoms in total. The Kier molecular flexibility index (Phi) is 4.33. The van der Waals surface area contributed by atoms with Crippen LogP contribution in [-0.2, 0) is 0 Å². The summed E-state index contributed by atoms with van der Waals surface area (Å²) in [5.41, 5.74) is 6.32. The van der Waals surface area contributed by atoms with E-state index in [0.29, 0.717) is 27.7 Å². The number of hydrogen-bond donors (Lipinski definition) is 2. The molecule has 1 aromatic heterocycles. The summed E-state index contributed by atoms with van der Waals surface area (Å²) in [6.45, 7) is 5.28. The predicted octanol–water partition coefficient (Wildman–Crippen LogP) is 2.93. The van der Waals surface area contributed by atoms with Crippen molar-refractivity contribution in [2.24, 2.45) is 0 Å². The zero-order chi connectivity index (χ0) is 15.6. The van der Waals surface area contributed by atoms with Gasteiger partial charge in [-0.05, 0) is 45.0 Å². The minimum absolute atomic E-state index is 0.400. The fourth-order valence-corrected chi connectivity index (χ4v) is 2.10. The van der Waals surface area contributed by atoms with Gasteiger partial charge in [0.25, 0.3) is 11.8 Å². The maximum atomic E-state index is 12.1. The van der Waals surface area contributed by atoms with E-state index in [4.69, 9.17) is 16.0 Å². The molecule has 2 aromatic rings. The van der Waals surface area contributed by atoms with Crippen molar-refractivity contribution in [1.82, 2.24) is 10.9 Å². The lowest BCUT2D eigenvalue weighted by atomic mass is 10.1. The molecule has 0 aliphatic carbocycles. The van der Waals surface area contributed by atoms with Crippen molar-refractivity contribution >= 4 is 23.4 Å². The lowest BCUT2D eigenvalue weighted by molar-refractivity contribution is 0.0845. The van der Waals surface area contributed by atoms with Crippen LogP contribution in [0.1, 0.15) is 37.8 Å². The highest BCUT2D eigenvalue weighted by molar-refractivity contribution is 6.30. The Morgan fingerprint density at radius 3 is 2.05 bits per heavy atom. The zero-order valence-electron chi connectivity index (χ0n) is 11.9. The Bertz CT molecular complexity index is 690. The van der Waals surface area contributed by atoms with Gasteiger partial charge in [-0.1, -0.05) is 11.6 Å². The van der Waals surface area contributed by atoms with E-state index in [1.807, 2.05) is 0 Å².